The van der Waals surface area contributed by atoms with Gasteiger partial charge in [-0.05, 0) is 18.6 Å². The molecule has 0 amide bonds. The zero-order chi connectivity index (χ0) is 11.7. The van der Waals surface area contributed by atoms with Gasteiger partial charge in [0.2, 0.25) is 0 Å². The lowest BCUT2D eigenvalue weighted by Gasteiger charge is -2.01. The third-order valence-electron chi connectivity index (χ3n) is 2.59. The molecule has 0 aliphatic rings. The van der Waals surface area contributed by atoms with E-state index in [4.69, 9.17) is 5.73 Å². The second-order valence-electron chi connectivity index (χ2n) is 4.27. The maximum atomic E-state index is 5.86. The molecule has 0 aliphatic heterocycles. The van der Waals surface area contributed by atoms with Gasteiger partial charge in [-0.1, -0.05) is 26.0 Å². The van der Waals surface area contributed by atoms with Gasteiger partial charge in [0.1, 0.15) is 5.82 Å². The van der Waals surface area contributed by atoms with Crippen LogP contribution < -0.4 is 5.73 Å². The van der Waals surface area contributed by atoms with Gasteiger partial charge >= 0.3 is 0 Å². The topological polar surface area (TPSA) is 67.6 Å². The molecule has 4 nitrogen and oxygen atoms in total. The molecule has 0 unspecified atom stereocenters. The molecule has 0 fully saturated rings. The second kappa shape index (κ2) is 3.96. The van der Waals surface area contributed by atoms with Crippen LogP contribution in [0, 0.1) is 6.92 Å². The highest BCUT2D eigenvalue weighted by Crippen LogP contribution is 2.21. The van der Waals surface area contributed by atoms with Crippen LogP contribution in [0.15, 0.2) is 18.2 Å². The summed E-state index contributed by atoms with van der Waals surface area (Å²) in [5.74, 6) is 1.95. The molecular formula is C12H16N4. The van der Waals surface area contributed by atoms with Gasteiger partial charge in [-0.2, -0.15) is 5.10 Å². The lowest BCUT2D eigenvalue weighted by molar-refractivity contribution is 0.781. The molecule has 4 heteroatoms. The average molecular weight is 216 g/mol. The fourth-order valence-electron chi connectivity index (χ4n) is 1.44. The van der Waals surface area contributed by atoms with Gasteiger partial charge in [-0.3, -0.25) is 5.10 Å². The number of aromatic amines is 1. The van der Waals surface area contributed by atoms with Gasteiger partial charge in [0.15, 0.2) is 5.82 Å². The van der Waals surface area contributed by atoms with Crippen LogP contribution in [0.3, 0.4) is 0 Å². The lowest BCUT2D eigenvalue weighted by Crippen LogP contribution is -1.91. The molecule has 2 aromatic rings. The SMILES string of the molecule is Cc1ccc(-c2n[nH]c(C(C)C)n2)cc1N. The summed E-state index contributed by atoms with van der Waals surface area (Å²) in [5.41, 5.74) is 8.65. The van der Waals surface area contributed by atoms with Crippen molar-refractivity contribution < 1.29 is 0 Å². The maximum Gasteiger partial charge on any atom is 0.181 e. The summed E-state index contributed by atoms with van der Waals surface area (Å²) >= 11 is 0. The highest BCUT2D eigenvalue weighted by atomic mass is 15.2. The van der Waals surface area contributed by atoms with Crippen molar-refractivity contribution in [3.05, 3.63) is 29.6 Å². The first-order valence-electron chi connectivity index (χ1n) is 5.36. The van der Waals surface area contributed by atoms with Crippen LogP contribution in [0.2, 0.25) is 0 Å². The zero-order valence-corrected chi connectivity index (χ0v) is 9.78. The van der Waals surface area contributed by atoms with Gasteiger partial charge in [0, 0.05) is 17.2 Å². The minimum absolute atomic E-state index is 0.351. The molecule has 0 bridgehead atoms. The zero-order valence-electron chi connectivity index (χ0n) is 9.78. The Labute approximate surface area is 94.9 Å². The average Bonchev–Trinajstić information content (AvgIpc) is 2.71. The number of H-pyrrole nitrogens is 1. The smallest absolute Gasteiger partial charge is 0.181 e. The first kappa shape index (κ1) is 10.7. The molecule has 0 saturated carbocycles. The highest BCUT2D eigenvalue weighted by molar-refractivity contribution is 5.63. The molecule has 1 aromatic carbocycles. The van der Waals surface area contributed by atoms with Crippen molar-refractivity contribution in [1.82, 2.24) is 15.2 Å². The summed E-state index contributed by atoms with van der Waals surface area (Å²) in [5, 5.41) is 7.12. The number of nitrogens with one attached hydrogen (secondary N) is 1. The van der Waals surface area contributed by atoms with Crippen LogP contribution in [0.5, 0.6) is 0 Å². The standard InChI is InChI=1S/C12H16N4/c1-7(2)11-14-12(16-15-11)9-5-4-8(3)10(13)6-9/h4-7H,13H2,1-3H3,(H,14,15,16). The molecule has 2 rings (SSSR count). The van der Waals surface area contributed by atoms with Crippen molar-refractivity contribution in [2.24, 2.45) is 0 Å². The van der Waals surface area contributed by atoms with E-state index < -0.39 is 0 Å². The number of nitrogens with two attached hydrogens (primary N) is 1. The van der Waals surface area contributed by atoms with Gasteiger partial charge in [-0.25, -0.2) is 4.98 Å². The van der Waals surface area contributed by atoms with E-state index >= 15 is 0 Å². The van der Waals surface area contributed by atoms with Crippen LogP contribution in [-0.2, 0) is 0 Å². The maximum absolute atomic E-state index is 5.86. The number of hydrogen-bond donors (Lipinski definition) is 2. The second-order valence-corrected chi connectivity index (χ2v) is 4.27. The quantitative estimate of drug-likeness (QED) is 0.758. The molecule has 1 aromatic heterocycles. The molecule has 0 atom stereocenters. The molecular weight excluding hydrogens is 200 g/mol. The third kappa shape index (κ3) is 1.91. The number of anilines is 1. The van der Waals surface area contributed by atoms with Crippen molar-refractivity contribution in [3.8, 4) is 11.4 Å². The van der Waals surface area contributed by atoms with E-state index in [1.54, 1.807) is 0 Å². The Morgan fingerprint density at radius 2 is 2.06 bits per heavy atom. The summed E-state index contributed by atoms with van der Waals surface area (Å²) < 4.78 is 0. The first-order valence-corrected chi connectivity index (χ1v) is 5.36. The Morgan fingerprint density at radius 1 is 1.31 bits per heavy atom. The summed E-state index contributed by atoms with van der Waals surface area (Å²) in [6.45, 7) is 6.14. The normalized spacial score (nSPS) is 11.0. The van der Waals surface area contributed by atoms with Crippen LogP contribution >= 0.6 is 0 Å². The largest absolute Gasteiger partial charge is 0.398 e. The highest BCUT2D eigenvalue weighted by Gasteiger charge is 2.09. The number of aromatic nitrogens is 3. The van der Waals surface area contributed by atoms with E-state index in [1.807, 2.05) is 25.1 Å². The Balaban J connectivity index is 2.39. The Bertz CT molecular complexity index is 499. The molecule has 1 heterocycles. The van der Waals surface area contributed by atoms with E-state index in [9.17, 15) is 0 Å². The predicted octanol–water partition coefficient (Wildman–Crippen LogP) is 2.49. The number of rotatable bonds is 2. The van der Waals surface area contributed by atoms with Crippen LogP contribution in [0.1, 0.15) is 31.2 Å². The number of nitrogen functional groups attached to an aromatic ring is 1. The molecule has 84 valence electrons. The minimum Gasteiger partial charge on any atom is -0.398 e. The Hall–Kier alpha value is -1.84. The Morgan fingerprint density at radius 3 is 2.62 bits per heavy atom. The Kier molecular flexibility index (Phi) is 2.64. The molecule has 0 aliphatic carbocycles. The van der Waals surface area contributed by atoms with Crippen molar-refractivity contribution >= 4 is 5.69 Å². The first-order chi connectivity index (χ1) is 7.58. The minimum atomic E-state index is 0.351. The van der Waals surface area contributed by atoms with Crippen LogP contribution in [-0.4, -0.2) is 15.2 Å². The molecule has 16 heavy (non-hydrogen) atoms. The van der Waals surface area contributed by atoms with Crippen molar-refractivity contribution in [2.45, 2.75) is 26.7 Å². The van der Waals surface area contributed by atoms with Gasteiger partial charge < -0.3 is 5.73 Å². The van der Waals surface area contributed by atoms with Crippen LogP contribution in [0.4, 0.5) is 5.69 Å². The number of hydrogen-bond acceptors (Lipinski definition) is 3. The van der Waals surface area contributed by atoms with E-state index in [2.05, 4.69) is 29.0 Å². The number of benzene rings is 1. The summed E-state index contributed by atoms with van der Waals surface area (Å²) in [7, 11) is 0. The fraction of sp³-hybridized carbons (Fsp3) is 0.333. The monoisotopic (exact) mass is 216 g/mol. The summed E-state index contributed by atoms with van der Waals surface area (Å²) in [4.78, 5) is 4.43. The van der Waals surface area contributed by atoms with E-state index in [0.717, 1.165) is 22.6 Å². The molecule has 0 saturated heterocycles. The number of nitrogens with zero attached hydrogens (tertiary/aromatic N) is 2. The predicted molar refractivity (Wildman–Crippen MR) is 65.1 cm³/mol. The van der Waals surface area contributed by atoms with Crippen molar-refractivity contribution in [3.63, 3.8) is 0 Å². The van der Waals surface area contributed by atoms with Gasteiger partial charge in [-0.15, -0.1) is 0 Å². The lowest BCUT2D eigenvalue weighted by atomic mass is 10.1. The summed E-state index contributed by atoms with van der Waals surface area (Å²) in [6, 6.07) is 5.87. The van der Waals surface area contributed by atoms with Gasteiger partial charge in [0.25, 0.3) is 0 Å². The molecule has 3 N–H and O–H groups in total. The fourth-order valence-corrected chi connectivity index (χ4v) is 1.44. The molecule has 0 spiro atoms. The van der Waals surface area contributed by atoms with Crippen molar-refractivity contribution in [1.29, 1.82) is 0 Å². The number of aryl methyl sites for hydroxylation is 1. The third-order valence-corrected chi connectivity index (χ3v) is 2.59. The van der Waals surface area contributed by atoms with Crippen molar-refractivity contribution in [2.75, 3.05) is 5.73 Å². The molecule has 0 radical (unpaired) electrons. The van der Waals surface area contributed by atoms with E-state index in [0.29, 0.717) is 11.7 Å². The van der Waals surface area contributed by atoms with E-state index in [1.165, 1.54) is 0 Å². The van der Waals surface area contributed by atoms with Gasteiger partial charge in [0.05, 0.1) is 0 Å². The van der Waals surface area contributed by atoms with Crippen LogP contribution in [0.25, 0.3) is 11.4 Å². The summed E-state index contributed by atoms with van der Waals surface area (Å²) in [6.07, 6.45) is 0. The van der Waals surface area contributed by atoms with E-state index in [-0.39, 0.29) is 0 Å².